The molecule has 3 rings (SSSR count). The number of benzene rings is 3. The first-order chi connectivity index (χ1) is 19.7. The number of hydrogen-bond acceptors (Lipinski definition) is 5. The minimum Gasteiger partial charge on any atom is -0.494 e. The number of ether oxygens (including phenoxy) is 2. The molecule has 0 aromatic heterocycles. The second-order valence-corrected chi connectivity index (χ2v) is 10.4. The van der Waals surface area contributed by atoms with Gasteiger partial charge in [-0.2, -0.15) is 10.2 Å². The maximum absolute atomic E-state index is 12.2. The van der Waals surface area contributed by atoms with Gasteiger partial charge in [-0.1, -0.05) is 109 Å². The monoisotopic (exact) mass is 542 g/mol. The lowest BCUT2D eigenvalue weighted by Crippen LogP contribution is -2.07. The molecule has 0 atom stereocenters. The average molecular weight is 543 g/mol. The minimum atomic E-state index is -0.387. The van der Waals surface area contributed by atoms with Crippen molar-refractivity contribution in [3.8, 4) is 11.5 Å². The van der Waals surface area contributed by atoms with E-state index < -0.39 is 0 Å². The van der Waals surface area contributed by atoms with Crippen molar-refractivity contribution in [3.05, 3.63) is 84.4 Å². The molecule has 0 aliphatic rings. The fourth-order valence-corrected chi connectivity index (χ4v) is 4.53. The summed E-state index contributed by atoms with van der Waals surface area (Å²) in [7, 11) is 0. The molecule has 0 saturated carbocycles. The first-order valence-electron chi connectivity index (χ1n) is 15.3. The molecule has 0 heterocycles. The van der Waals surface area contributed by atoms with E-state index >= 15 is 0 Å². The summed E-state index contributed by atoms with van der Waals surface area (Å²) >= 11 is 0. The molecule has 0 spiro atoms. The predicted octanol–water partition coefficient (Wildman–Crippen LogP) is 11.2. The molecule has 0 amide bonds. The van der Waals surface area contributed by atoms with Crippen molar-refractivity contribution in [2.45, 2.75) is 96.8 Å². The molecule has 0 saturated heterocycles. The van der Waals surface area contributed by atoms with Crippen molar-refractivity contribution in [1.82, 2.24) is 0 Å². The van der Waals surface area contributed by atoms with Crippen LogP contribution in [0.5, 0.6) is 11.5 Å². The first-order valence-corrected chi connectivity index (χ1v) is 15.3. The fourth-order valence-electron chi connectivity index (χ4n) is 4.53. The number of carbonyl (C=O) groups excluding carboxylic acids is 1. The number of nitrogens with zero attached hydrogens (tertiary/aromatic N) is 2. The van der Waals surface area contributed by atoms with Gasteiger partial charge in [0.2, 0.25) is 0 Å². The SMILES string of the molecule is CCCCCCCCCCCCCCCCOc1ccc(N=Nc2ccc(OC(=O)c3ccccc3)cc2)cc1. The van der Waals surface area contributed by atoms with Gasteiger partial charge in [0.1, 0.15) is 11.5 Å². The van der Waals surface area contributed by atoms with Crippen molar-refractivity contribution in [2.75, 3.05) is 6.61 Å². The van der Waals surface area contributed by atoms with Crippen LogP contribution in [0.3, 0.4) is 0 Å². The third-order valence-corrected chi connectivity index (χ3v) is 6.94. The van der Waals surface area contributed by atoms with Gasteiger partial charge in [0.15, 0.2) is 0 Å². The Bertz CT molecular complexity index is 1100. The highest BCUT2D eigenvalue weighted by Crippen LogP contribution is 2.24. The molecular formula is C35H46N2O3. The van der Waals surface area contributed by atoms with Gasteiger partial charge in [0, 0.05) is 0 Å². The number of hydrogen-bond donors (Lipinski definition) is 0. The molecular weight excluding hydrogens is 496 g/mol. The molecule has 0 N–H and O–H groups in total. The van der Waals surface area contributed by atoms with Gasteiger partial charge < -0.3 is 9.47 Å². The lowest BCUT2D eigenvalue weighted by molar-refractivity contribution is 0.0734. The van der Waals surface area contributed by atoms with Crippen LogP contribution in [0.25, 0.3) is 0 Å². The van der Waals surface area contributed by atoms with Crippen molar-refractivity contribution in [1.29, 1.82) is 0 Å². The normalized spacial score (nSPS) is 11.1. The van der Waals surface area contributed by atoms with Crippen LogP contribution in [0.4, 0.5) is 11.4 Å². The quantitative estimate of drug-likeness (QED) is 0.0617. The zero-order valence-electron chi connectivity index (χ0n) is 24.2. The minimum absolute atomic E-state index is 0.387. The van der Waals surface area contributed by atoms with E-state index in [0.29, 0.717) is 17.0 Å². The van der Waals surface area contributed by atoms with Crippen LogP contribution in [0.1, 0.15) is 107 Å². The smallest absolute Gasteiger partial charge is 0.343 e. The second-order valence-electron chi connectivity index (χ2n) is 10.4. The largest absolute Gasteiger partial charge is 0.494 e. The summed E-state index contributed by atoms with van der Waals surface area (Å²) in [6.07, 6.45) is 19.0. The summed E-state index contributed by atoms with van der Waals surface area (Å²) in [5, 5.41) is 8.57. The van der Waals surface area contributed by atoms with Crippen molar-refractivity contribution < 1.29 is 14.3 Å². The molecule has 0 aliphatic carbocycles. The Hall–Kier alpha value is -3.47. The van der Waals surface area contributed by atoms with Crippen LogP contribution < -0.4 is 9.47 Å². The molecule has 0 radical (unpaired) electrons. The third-order valence-electron chi connectivity index (χ3n) is 6.94. The molecule has 0 unspecified atom stereocenters. The molecule has 0 aliphatic heterocycles. The van der Waals surface area contributed by atoms with E-state index in [4.69, 9.17) is 9.47 Å². The van der Waals surface area contributed by atoms with Gasteiger partial charge >= 0.3 is 5.97 Å². The molecule has 0 fully saturated rings. The van der Waals surface area contributed by atoms with Crippen LogP contribution in [-0.4, -0.2) is 12.6 Å². The fraction of sp³-hybridized carbons (Fsp3) is 0.457. The molecule has 214 valence electrons. The van der Waals surface area contributed by atoms with Crippen LogP contribution >= 0.6 is 0 Å². The predicted molar refractivity (Wildman–Crippen MR) is 164 cm³/mol. The Morgan fingerprint density at radius 3 is 1.50 bits per heavy atom. The Kier molecular flexibility index (Phi) is 15.2. The van der Waals surface area contributed by atoms with Gasteiger partial charge in [-0.25, -0.2) is 4.79 Å². The van der Waals surface area contributed by atoms with Gasteiger partial charge in [-0.3, -0.25) is 0 Å². The number of carbonyl (C=O) groups is 1. The Balaban J connectivity index is 1.22. The topological polar surface area (TPSA) is 60.3 Å². The van der Waals surface area contributed by atoms with Gasteiger partial charge in [0.05, 0.1) is 23.5 Å². The standard InChI is InChI=1S/C35H46N2O3/c1-2-3-4-5-6-7-8-9-10-11-12-13-14-18-29-39-33-25-21-31(22-26-33)36-37-32-23-27-34(28-24-32)40-35(38)30-19-16-15-17-20-30/h15-17,19-28H,2-14,18,29H2,1H3. The lowest BCUT2D eigenvalue weighted by Gasteiger charge is -2.06. The van der Waals surface area contributed by atoms with Gasteiger partial charge in [-0.05, 0) is 67.1 Å². The maximum Gasteiger partial charge on any atom is 0.343 e. The molecule has 5 nitrogen and oxygen atoms in total. The highest BCUT2D eigenvalue weighted by molar-refractivity contribution is 5.90. The summed E-state index contributed by atoms with van der Waals surface area (Å²) in [5.41, 5.74) is 1.94. The maximum atomic E-state index is 12.2. The number of unbranched alkanes of at least 4 members (excludes halogenated alkanes) is 13. The Labute approximate surface area is 241 Å². The molecule has 3 aromatic rings. The molecule has 40 heavy (non-hydrogen) atoms. The van der Waals surface area contributed by atoms with Crippen LogP contribution in [0.15, 0.2) is 89.1 Å². The van der Waals surface area contributed by atoms with Crippen molar-refractivity contribution >= 4 is 17.3 Å². The Morgan fingerprint density at radius 1 is 0.550 bits per heavy atom. The summed E-state index contributed by atoms with van der Waals surface area (Å²) in [5.74, 6) is 0.938. The van der Waals surface area contributed by atoms with E-state index in [1.165, 1.54) is 83.5 Å². The van der Waals surface area contributed by atoms with E-state index in [1.807, 2.05) is 30.3 Å². The number of azo groups is 1. The van der Waals surface area contributed by atoms with Crippen LogP contribution in [0, 0.1) is 0 Å². The number of rotatable bonds is 20. The van der Waals surface area contributed by atoms with Crippen LogP contribution in [-0.2, 0) is 0 Å². The van der Waals surface area contributed by atoms with Crippen molar-refractivity contribution in [2.24, 2.45) is 10.2 Å². The zero-order valence-corrected chi connectivity index (χ0v) is 24.2. The first kappa shape index (κ1) is 31.1. The summed E-state index contributed by atoms with van der Waals surface area (Å²) < 4.78 is 11.3. The highest BCUT2D eigenvalue weighted by Gasteiger charge is 2.07. The van der Waals surface area contributed by atoms with E-state index in [1.54, 1.807) is 48.5 Å². The Morgan fingerprint density at radius 2 is 1.00 bits per heavy atom. The number of esters is 1. The van der Waals surface area contributed by atoms with E-state index in [0.717, 1.165) is 24.5 Å². The molecule has 5 heteroatoms. The summed E-state index contributed by atoms with van der Waals surface area (Å²) in [6.45, 7) is 3.03. The van der Waals surface area contributed by atoms with Gasteiger partial charge in [0.25, 0.3) is 0 Å². The van der Waals surface area contributed by atoms with Gasteiger partial charge in [-0.15, -0.1) is 0 Å². The third kappa shape index (κ3) is 13.1. The van der Waals surface area contributed by atoms with E-state index in [-0.39, 0.29) is 5.97 Å². The lowest BCUT2D eigenvalue weighted by atomic mass is 10.0. The molecule has 3 aromatic carbocycles. The van der Waals surface area contributed by atoms with E-state index in [9.17, 15) is 4.79 Å². The highest BCUT2D eigenvalue weighted by atomic mass is 16.5. The van der Waals surface area contributed by atoms with E-state index in [2.05, 4.69) is 17.2 Å². The zero-order chi connectivity index (χ0) is 28.1. The average Bonchev–Trinajstić information content (AvgIpc) is 3.00. The van der Waals surface area contributed by atoms with Crippen molar-refractivity contribution in [3.63, 3.8) is 0 Å². The summed E-state index contributed by atoms with van der Waals surface area (Å²) in [6, 6.07) is 23.6. The summed E-state index contributed by atoms with van der Waals surface area (Å²) in [4.78, 5) is 12.2. The second kappa shape index (κ2) is 19.6. The van der Waals surface area contributed by atoms with Crippen LogP contribution in [0.2, 0.25) is 0 Å². The molecule has 0 bridgehead atoms.